The van der Waals surface area contributed by atoms with Crippen LogP contribution in [0.15, 0.2) is 102 Å². The number of nitrogens with one attached hydrogen (secondary N) is 1. The number of nitro groups is 1. The van der Waals surface area contributed by atoms with Gasteiger partial charge in [0.05, 0.1) is 15.2 Å². The van der Waals surface area contributed by atoms with Crippen molar-refractivity contribution in [2.24, 2.45) is 0 Å². The van der Waals surface area contributed by atoms with Crippen LogP contribution < -0.4 is 10.2 Å². The van der Waals surface area contributed by atoms with Crippen molar-refractivity contribution in [2.45, 2.75) is 88.9 Å². The number of carbonyl (C=O) groups is 3. The van der Waals surface area contributed by atoms with E-state index in [1.807, 2.05) is 26.0 Å². The van der Waals surface area contributed by atoms with E-state index < -0.39 is 20.5 Å². The molecule has 0 atom stereocenters. The molecule has 0 spiro atoms. The summed E-state index contributed by atoms with van der Waals surface area (Å²) in [5.74, 6) is -0.920. The summed E-state index contributed by atoms with van der Waals surface area (Å²) in [6, 6.07) is 18.0. The maximum Gasteiger partial charge on any atom is 0.294 e. The van der Waals surface area contributed by atoms with Crippen molar-refractivity contribution in [1.29, 1.82) is 0 Å². The van der Waals surface area contributed by atoms with E-state index in [2.05, 4.69) is 72.0 Å². The van der Waals surface area contributed by atoms with Gasteiger partial charge in [0.15, 0.2) is 5.71 Å². The van der Waals surface area contributed by atoms with Gasteiger partial charge in [0.2, 0.25) is 11.6 Å². The molecule has 0 aliphatic carbocycles. The predicted molar refractivity (Wildman–Crippen MR) is 227 cm³/mol. The molecule has 0 saturated heterocycles. The number of hydrogen-bond acceptors (Lipinski definition) is 8. The average Bonchev–Trinajstić information content (AvgIpc) is 3.69. The Morgan fingerprint density at radius 2 is 1.59 bits per heavy atom. The molecule has 2 N–H and O–H groups in total. The molecule has 310 valence electrons. The van der Waals surface area contributed by atoms with Gasteiger partial charge in [-0.2, -0.15) is 13.0 Å². The highest BCUT2D eigenvalue weighted by Crippen LogP contribution is 2.48. The van der Waals surface area contributed by atoms with Crippen LogP contribution in [-0.2, 0) is 41.8 Å². The first kappa shape index (κ1) is 42.9. The van der Waals surface area contributed by atoms with Gasteiger partial charge in [0, 0.05) is 91.3 Å². The summed E-state index contributed by atoms with van der Waals surface area (Å²) in [5, 5.41) is 13.9. The van der Waals surface area contributed by atoms with Gasteiger partial charge in [-0.25, -0.2) is 0 Å². The van der Waals surface area contributed by atoms with Gasteiger partial charge in [-0.3, -0.25) is 34.0 Å². The lowest BCUT2D eigenvalue weighted by atomic mass is 9.81. The number of nitro benzene ring substituents is 1. The lowest BCUT2D eigenvalue weighted by Crippen LogP contribution is -2.38. The van der Waals surface area contributed by atoms with Crippen LogP contribution in [0.5, 0.6) is 0 Å². The normalized spacial score (nSPS) is 17.4. The molecule has 0 radical (unpaired) electrons. The highest BCUT2D eigenvalue weighted by atomic mass is 32.2. The summed E-state index contributed by atoms with van der Waals surface area (Å²) in [7, 11) is -4.43. The van der Waals surface area contributed by atoms with Crippen molar-refractivity contribution in [1.82, 2.24) is 10.2 Å². The van der Waals surface area contributed by atoms with E-state index in [1.54, 1.807) is 24.3 Å². The van der Waals surface area contributed by atoms with Gasteiger partial charge < -0.3 is 10.2 Å². The molecule has 3 heterocycles. The molecule has 0 saturated carbocycles. The van der Waals surface area contributed by atoms with Crippen LogP contribution in [0.1, 0.15) is 82.1 Å². The standard InChI is InChI=1S/C45H51N5O8S/c1-31-15-21-37-35(29-31)44(2,3)39(48(37)27-10-11-32-16-18-33(19-17-32)50(54)55)12-9-13-40-45(4,5)36-30-34(59(56,57)58)20-22-38(36)47(40)26-8-6-7-14-41(51)46-25-28-49-42(52)23-24-43(49)53/h9,12-13,15-24,29-30H,6-8,10-11,14,25-28H2,1-5H3,(H-,46,51,56,57,58)/p+1. The summed E-state index contributed by atoms with van der Waals surface area (Å²) in [6.07, 6.45) is 12.7. The first-order valence-electron chi connectivity index (χ1n) is 20.0. The Morgan fingerprint density at radius 3 is 2.27 bits per heavy atom. The smallest absolute Gasteiger partial charge is 0.294 e. The van der Waals surface area contributed by atoms with Crippen molar-refractivity contribution in [3.63, 3.8) is 0 Å². The number of aryl methyl sites for hydroxylation is 2. The first-order valence-corrected chi connectivity index (χ1v) is 21.4. The molecule has 3 aromatic carbocycles. The van der Waals surface area contributed by atoms with Crippen LogP contribution in [0.3, 0.4) is 0 Å². The first-order chi connectivity index (χ1) is 27.9. The molecule has 3 amide bonds. The second-order valence-electron chi connectivity index (χ2n) is 16.4. The quantitative estimate of drug-likeness (QED) is 0.0364. The largest absolute Gasteiger partial charge is 0.354 e. The third kappa shape index (κ3) is 9.29. The molecule has 3 aromatic rings. The minimum atomic E-state index is -4.43. The Kier molecular flexibility index (Phi) is 12.5. The second kappa shape index (κ2) is 17.2. The molecule has 0 unspecified atom stereocenters. The van der Waals surface area contributed by atoms with Crippen molar-refractivity contribution in [2.75, 3.05) is 31.1 Å². The van der Waals surface area contributed by atoms with Crippen molar-refractivity contribution >= 4 is 50.6 Å². The summed E-state index contributed by atoms with van der Waals surface area (Å²) >= 11 is 0. The number of allylic oxidation sites excluding steroid dienone is 4. The van der Waals surface area contributed by atoms with Gasteiger partial charge in [-0.05, 0) is 81.9 Å². The van der Waals surface area contributed by atoms with Crippen molar-refractivity contribution < 1.29 is 36.9 Å². The topological polar surface area (TPSA) is 170 Å². The molecule has 0 aromatic heterocycles. The third-order valence-corrected chi connectivity index (χ3v) is 12.4. The van der Waals surface area contributed by atoms with Gasteiger partial charge >= 0.3 is 0 Å². The van der Waals surface area contributed by atoms with E-state index in [1.165, 1.54) is 29.3 Å². The number of rotatable bonds is 17. The Labute approximate surface area is 345 Å². The summed E-state index contributed by atoms with van der Waals surface area (Å²) in [5.41, 5.74) is 7.45. The summed E-state index contributed by atoms with van der Waals surface area (Å²) < 4.78 is 36.5. The summed E-state index contributed by atoms with van der Waals surface area (Å²) in [4.78, 5) is 50.1. The van der Waals surface area contributed by atoms with Crippen molar-refractivity contribution in [3.05, 3.63) is 129 Å². The number of fused-ring (bicyclic) bond motifs is 2. The average molecular weight is 823 g/mol. The fourth-order valence-electron chi connectivity index (χ4n) is 8.32. The highest BCUT2D eigenvalue weighted by molar-refractivity contribution is 7.85. The molecule has 3 aliphatic rings. The lowest BCUT2D eigenvalue weighted by molar-refractivity contribution is -0.438. The van der Waals surface area contributed by atoms with Gasteiger partial charge in [-0.15, -0.1) is 0 Å². The maximum atomic E-state index is 12.5. The lowest BCUT2D eigenvalue weighted by Gasteiger charge is -2.27. The molecule has 14 heteroatoms. The molecule has 0 fully saturated rings. The Hall–Kier alpha value is -5.73. The Balaban J connectivity index is 1.20. The number of carbonyl (C=O) groups excluding carboxylic acids is 3. The summed E-state index contributed by atoms with van der Waals surface area (Å²) in [6.45, 7) is 12.3. The SMILES string of the molecule is Cc1ccc2c(c1)C(C)(C)C(=CC=CC1=[N+](CCCCCC(=O)NCCN3C(=O)C=CC3=O)c3ccc(S(=O)(=O)O)cc3C1(C)C)N2CCCc1ccc([N+](=O)[O-])cc1. The van der Waals surface area contributed by atoms with E-state index in [4.69, 9.17) is 0 Å². The Morgan fingerprint density at radius 1 is 0.881 bits per heavy atom. The molecular formula is C45H52N5O8S+. The van der Waals surface area contributed by atoms with Crippen LogP contribution in [-0.4, -0.2) is 77.0 Å². The number of anilines is 1. The third-order valence-electron chi connectivity index (χ3n) is 11.6. The fraction of sp³-hybridized carbons (Fsp3) is 0.378. The van der Waals surface area contributed by atoms with E-state index in [0.717, 1.165) is 71.0 Å². The van der Waals surface area contributed by atoms with E-state index in [9.17, 15) is 37.5 Å². The maximum absolute atomic E-state index is 12.5. The molecule has 13 nitrogen and oxygen atoms in total. The molecule has 3 aliphatic heterocycles. The number of nitrogens with zero attached hydrogens (tertiary/aromatic N) is 4. The monoisotopic (exact) mass is 822 g/mol. The zero-order valence-electron chi connectivity index (χ0n) is 34.2. The number of non-ortho nitro benzene ring substituents is 1. The molecule has 0 bridgehead atoms. The van der Waals surface area contributed by atoms with Gasteiger partial charge in [-0.1, -0.05) is 49.8 Å². The number of unbranched alkanes of at least 4 members (excludes halogenated alkanes) is 2. The Bertz CT molecular complexity index is 2390. The molecule has 6 rings (SSSR count). The van der Waals surface area contributed by atoms with Crippen LogP contribution >= 0.6 is 0 Å². The zero-order chi connectivity index (χ0) is 42.7. The van der Waals surface area contributed by atoms with E-state index in [-0.39, 0.29) is 46.8 Å². The van der Waals surface area contributed by atoms with Crippen LogP contribution in [0, 0.1) is 17.0 Å². The van der Waals surface area contributed by atoms with Crippen LogP contribution in [0.25, 0.3) is 0 Å². The predicted octanol–water partition coefficient (Wildman–Crippen LogP) is 7.00. The van der Waals surface area contributed by atoms with E-state index in [0.29, 0.717) is 19.4 Å². The van der Waals surface area contributed by atoms with Gasteiger partial charge in [0.25, 0.3) is 27.6 Å². The molecular weight excluding hydrogens is 771 g/mol. The van der Waals surface area contributed by atoms with Crippen LogP contribution in [0.2, 0.25) is 0 Å². The van der Waals surface area contributed by atoms with Crippen LogP contribution in [0.4, 0.5) is 17.1 Å². The second-order valence-corrected chi connectivity index (χ2v) is 17.8. The molecule has 59 heavy (non-hydrogen) atoms. The van der Waals surface area contributed by atoms with Crippen molar-refractivity contribution in [3.8, 4) is 0 Å². The van der Waals surface area contributed by atoms with E-state index >= 15 is 0 Å². The number of amides is 3. The van der Waals surface area contributed by atoms with Gasteiger partial charge in [0.1, 0.15) is 6.54 Å². The number of benzene rings is 3. The fourth-order valence-corrected chi connectivity index (χ4v) is 8.83. The number of hydrogen-bond donors (Lipinski definition) is 2. The zero-order valence-corrected chi connectivity index (χ0v) is 35.0. The minimum Gasteiger partial charge on any atom is -0.354 e. The minimum absolute atomic E-state index is 0.0731. The number of imide groups is 1. The highest BCUT2D eigenvalue weighted by Gasteiger charge is 2.45.